The molecule has 0 aliphatic rings. The van der Waals surface area contributed by atoms with E-state index < -0.39 is 0 Å². The van der Waals surface area contributed by atoms with Gasteiger partial charge in [0.15, 0.2) is 0 Å². The molecule has 3 aromatic rings. The smallest absolute Gasteiger partial charge is 0.114 e. The molecule has 96 valence electrons. The van der Waals surface area contributed by atoms with Crippen LogP contribution in [0, 0.1) is 0 Å². The minimum Gasteiger partial charge on any atom is -0.399 e. The van der Waals surface area contributed by atoms with Gasteiger partial charge >= 0.3 is 0 Å². The quantitative estimate of drug-likeness (QED) is 0.720. The third-order valence-electron chi connectivity index (χ3n) is 3.13. The minimum atomic E-state index is 0.719. The molecule has 0 atom stereocenters. The summed E-state index contributed by atoms with van der Waals surface area (Å²) in [5.41, 5.74) is 9.53. The van der Waals surface area contributed by atoms with Crippen LogP contribution >= 0.6 is 11.6 Å². The molecule has 19 heavy (non-hydrogen) atoms. The zero-order valence-electron chi connectivity index (χ0n) is 10.6. The summed E-state index contributed by atoms with van der Waals surface area (Å²) >= 11 is 6.08. The third-order valence-corrected chi connectivity index (χ3v) is 3.37. The Balaban J connectivity index is 2.32. The van der Waals surface area contributed by atoms with Crippen LogP contribution in [0.4, 0.5) is 5.69 Å². The highest BCUT2D eigenvalue weighted by Gasteiger charge is 2.11. The highest BCUT2D eigenvalue weighted by molar-refractivity contribution is 6.30. The van der Waals surface area contributed by atoms with E-state index in [0.717, 1.165) is 39.7 Å². The number of anilines is 1. The number of aryl methyl sites for hydroxylation is 1. The fourth-order valence-corrected chi connectivity index (χ4v) is 2.47. The van der Waals surface area contributed by atoms with Gasteiger partial charge in [0.25, 0.3) is 0 Å². The highest BCUT2D eigenvalue weighted by atomic mass is 35.5. The molecule has 0 spiro atoms. The van der Waals surface area contributed by atoms with Crippen LogP contribution in [-0.2, 0) is 6.42 Å². The first-order valence-corrected chi connectivity index (χ1v) is 6.59. The number of nitrogens with zero attached hydrogens (tertiary/aromatic N) is 2. The maximum Gasteiger partial charge on any atom is 0.114 e. The van der Waals surface area contributed by atoms with E-state index in [2.05, 4.69) is 16.5 Å². The van der Waals surface area contributed by atoms with Crippen LogP contribution < -0.4 is 5.73 Å². The number of aromatic nitrogens is 2. The van der Waals surface area contributed by atoms with Crippen molar-refractivity contribution in [3.63, 3.8) is 0 Å². The molecule has 0 fully saturated rings. The molecule has 3 rings (SSSR count). The molecular formula is C15H14ClN3. The van der Waals surface area contributed by atoms with Crippen molar-refractivity contribution in [2.24, 2.45) is 0 Å². The Bertz CT molecular complexity index is 746. The van der Waals surface area contributed by atoms with Gasteiger partial charge in [-0.15, -0.1) is 0 Å². The molecule has 0 aliphatic carbocycles. The largest absolute Gasteiger partial charge is 0.399 e. The molecule has 1 heterocycles. The number of rotatable bonds is 2. The van der Waals surface area contributed by atoms with Crippen LogP contribution in [-0.4, -0.2) is 9.55 Å². The van der Waals surface area contributed by atoms with Crippen LogP contribution in [0.2, 0.25) is 5.02 Å². The number of fused-ring (bicyclic) bond motifs is 1. The first-order chi connectivity index (χ1) is 9.19. The molecule has 1 aromatic heterocycles. The topological polar surface area (TPSA) is 43.8 Å². The van der Waals surface area contributed by atoms with Gasteiger partial charge in [0.05, 0.1) is 11.0 Å². The van der Waals surface area contributed by atoms with Crippen molar-refractivity contribution >= 4 is 28.3 Å². The number of hydrogen-bond acceptors (Lipinski definition) is 2. The van der Waals surface area contributed by atoms with Crippen molar-refractivity contribution in [1.82, 2.24) is 9.55 Å². The molecular weight excluding hydrogens is 258 g/mol. The van der Waals surface area contributed by atoms with E-state index in [1.54, 1.807) is 0 Å². The van der Waals surface area contributed by atoms with Gasteiger partial charge in [-0.05, 0) is 36.4 Å². The van der Waals surface area contributed by atoms with Gasteiger partial charge in [-0.3, -0.25) is 4.57 Å². The van der Waals surface area contributed by atoms with E-state index in [4.69, 9.17) is 17.3 Å². The Morgan fingerprint density at radius 1 is 1.21 bits per heavy atom. The fraction of sp³-hybridized carbons (Fsp3) is 0.133. The van der Waals surface area contributed by atoms with Gasteiger partial charge in [-0.25, -0.2) is 4.98 Å². The van der Waals surface area contributed by atoms with Crippen molar-refractivity contribution in [1.29, 1.82) is 0 Å². The number of nitrogens with two attached hydrogens (primary N) is 1. The first-order valence-electron chi connectivity index (χ1n) is 6.22. The van der Waals surface area contributed by atoms with Gasteiger partial charge in [-0.1, -0.05) is 24.6 Å². The van der Waals surface area contributed by atoms with Gasteiger partial charge in [0.1, 0.15) is 5.82 Å². The summed E-state index contributed by atoms with van der Waals surface area (Å²) in [7, 11) is 0. The summed E-state index contributed by atoms with van der Waals surface area (Å²) < 4.78 is 2.13. The van der Waals surface area contributed by atoms with Gasteiger partial charge < -0.3 is 5.73 Å². The Kier molecular flexibility index (Phi) is 2.91. The van der Waals surface area contributed by atoms with E-state index in [-0.39, 0.29) is 0 Å². The van der Waals surface area contributed by atoms with Crippen LogP contribution in [0.25, 0.3) is 16.7 Å². The fourth-order valence-electron chi connectivity index (χ4n) is 2.29. The van der Waals surface area contributed by atoms with Gasteiger partial charge in [-0.2, -0.15) is 0 Å². The second-order valence-electron chi connectivity index (χ2n) is 4.45. The summed E-state index contributed by atoms with van der Waals surface area (Å²) in [5.74, 6) is 1.00. The number of nitrogen functional groups attached to an aromatic ring is 1. The summed E-state index contributed by atoms with van der Waals surface area (Å²) in [6.07, 6.45) is 0.848. The predicted octanol–water partition coefficient (Wildman–Crippen LogP) is 3.82. The Hall–Kier alpha value is -2.00. The summed E-state index contributed by atoms with van der Waals surface area (Å²) in [4.78, 5) is 4.64. The Labute approximate surface area is 116 Å². The molecule has 0 saturated carbocycles. The van der Waals surface area contributed by atoms with Crippen LogP contribution in [0.1, 0.15) is 12.7 Å². The van der Waals surface area contributed by atoms with Crippen molar-refractivity contribution in [2.45, 2.75) is 13.3 Å². The number of hydrogen-bond donors (Lipinski definition) is 1. The summed E-state index contributed by atoms with van der Waals surface area (Å²) in [6.45, 7) is 2.09. The third kappa shape index (κ3) is 2.06. The van der Waals surface area contributed by atoms with E-state index >= 15 is 0 Å². The molecule has 3 nitrogen and oxygen atoms in total. The van der Waals surface area contributed by atoms with Crippen LogP contribution in [0.5, 0.6) is 0 Å². The SMILES string of the molecule is CCc1nc2cc(N)ccc2n1-c1cccc(Cl)c1. The van der Waals surface area contributed by atoms with Crippen molar-refractivity contribution in [3.05, 3.63) is 53.3 Å². The summed E-state index contributed by atoms with van der Waals surface area (Å²) in [5, 5.41) is 0.719. The second kappa shape index (κ2) is 4.59. The van der Waals surface area contributed by atoms with Gasteiger partial charge in [0.2, 0.25) is 0 Å². The lowest BCUT2D eigenvalue weighted by atomic mass is 10.2. The van der Waals surface area contributed by atoms with E-state index in [1.165, 1.54) is 0 Å². The normalized spacial score (nSPS) is 11.1. The monoisotopic (exact) mass is 271 g/mol. The van der Waals surface area contributed by atoms with Crippen LogP contribution in [0.3, 0.4) is 0 Å². The predicted molar refractivity (Wildman–Crippen MR) is 79.9 cm³/mol. The maximum absolute atomic E-state index is 6.08. The lowest BCUT2D eigenvalue weighted by molar-refractivity contribution is 0.908. The first kappa shape index (κ1) is 12.1. The van der Waals surface area contributed by atoms with Crippen LogP contribution in [0.15, 0.2) is 42.5 Å². The minimum absolute atomic E-state index is 0.719. The maximum atomic E-state index is 6.08. The Morgan fingerprint density at radius 3 is 2.79 bits per heavy atom. The second-order valence-corrected chi connectivity index (χ2v) is 4.88. The molecule has 2 N–H and O–H groups in total. The van der Waals surface area contributed by atoms with Crippen molar-refractivity contribution < 1.29 is 0 Å². The average Bonchev–Trinajstić information content (AvgIpc) is 2.76. The highest BCUT2D eigenvalue weighted by Crippen LogP contribution is 2.25. The number of imidazole rings is 1. The lowest BCUT2D eigenvalue weighted by Gasteiger charge is -2.08. The lowest BCUT2D eigenvalue weighted by Crippen LogP contribution is -1.99. The molecule has 0 amide bonds. The molecule has 4 heteroatoms. The van der Waals surface area contributed by atoms with Gasteiger partial charge in [0, 0.05) is 22.8 Å². The van der Waals surface area contributed by atoms with E-state index in [0.29, 0.717) is 0 Å². The molecule has 0 bridgehead atoms. The zero-order valence-corrected chi connectivity index (χ0v) is 11.4. The summed E-state index contributed by atoms with van der Waals surface area (Å²) in [6, 6.07) is 13.6. The van der Waals surface area contributed by atoms with Crippen molar-refractivity contribution in [3.8, 4) is 5.69 Å². The number of benzene rings is 2. The molecule has 2 aromatic carbocycles. The zero-order chi connectivity index (χ0) is 13.4. The van der Waals surface area contributed by atoms with E-state index in [9.17, 15) is 0 Å². The Morgan fingerprint density at radius 2 is 2.05 bits per heavy atom. The van der Waals surface area contributed by atoms with Crippen molar-refractivity contribution in [2.75, 3.05) is 5.73 Å². The average molecular weight is 272 g/mol. The standard InChI is InChI=1S/C15H14ClN3/c1-2-15-18-13-9-11(17)6-7-14(13)19(15)12-5-3-4-10(16)8-12/h3-9H,2,17H2,1H3. The van der Waals surface area contributed by atoms with E-state index in [1.807, 2.05) is 42.5 Å². The molecule has 0 aliphatic heterocycles. The molecule has 0 saturated heterocycles. The molecule has 0 radical (unpaired) electrons. The molecule has 0 unspecified atom stereocenters. The number of halogens is 1.